The second-order valence-electron chi connectivity index (χ2n) is 16.6. The summed E-state index contributed by atoms with van der Waals surface area (Å²) in [5, 5.41) is 6.12. The Kier molecular flexibility index (Phi) is 10.6. The molecule has 5 aliphatic heterocycles. The van der Waals surface area contributed by atoms with E-state index in [1.54, 1.807) is 30.5 Å². The molecule has 4 fully saturated rings. The van der Waals surface area contributed by atoms with Gasteiger partial charge in [0.15, 0.2) is 0 Å². The summed E-state index contributed by atoms with van der Waals surface area (Å²) in [7, 11) is 0. The molecule has 2 atom stereocenters. The molecule has 17 heteroatoms. The fourth-order valence-electron chi connectivity index (χ4n) is 9.57. The molecule has 1 aromatic carbocycles. The minimum absolute atomic E-state index is 0.0437. The van der Waals surface area contributed by atoms with Crippen molar-refractivity contribution in [3.63, 3.8) is 0 Å². The van der Waals surface area contributed by atoms with Crippen molar-refractivity contribution >= 4 is 46.3 Å². The molecule has 4 saturated heterocycles. The summed E-state index contributed by atoms with van der Waals surface area (Å²) in [6, 6.07) is 7.83. The van der Waals surface area contributed by atoms with Gasteiger partial charge in [-0.1, -0.05) is 0 Å². The number of aromatic nitrogens is 4. The first kappa shape index (κ1) is 39.1. The van der Waals surface area contributed by atoms with E-state index in [0.29, 0.717) is 39.6 Å². The molecule has 0 aliphatic carbocycles. The number of hydrogen-bond acceptors (Lipinski definition) is 11. The predicted octanol–water partition coefficient (Wildman–Crippen LogP) is 4.94. The number of anilines is 2. The van der Waals surface area contributed by atoms with Gasteiger partial charge in [0.2, 0.25) is 17.8 Å². The zero-order valence-electron chi connectivity index (χ0n) is 32.6. The third-order valence-corrected chi connectivity index (χ3v) is 12.9. The Morgan fingerprint density at radius 3 is 2.37 bits per heavy atom. The number of amides is 4. The van der Waals surface area contributed by atoms with Gasteiger partial charge in [-0.05, 0) is 107 Å². The zero-order valence-corrected chi connectivity index (χ0v) is 32.6. The lowest BCUT2D eigenvalue weighted by atomic mass is 9.91. The quantitative estimate of drug-likeness (QED) is 0.186. The lowest BCUT2D eigenvalue weighted by Gasteiger charge is -2.38. The summed E-state index contributed by atoms with van der Waals surface area (Å²) in [5.74, 6) is -0.544. The lowest BCUT2D eigenvalue weighted by molar-refractivity contribution is -0.138. The Hall–Kier alpha value is -5.42. The number of benzene rings is 1. The minimum Gasteiger partial charge on any atom is -0.371 e. The second-order valence-corrected chi connectivity index (χ2v) is 16.6. The molecule has 3 aromatic heterocycles. The average Bonchev–Trinajstić information content (AvgIpc) is 3.93. The summed E-state index contributed by atoms with van der Waals surface area (Å²) in [4.78, 5) is 74.4. The van der Waals surface area contributed by atoms with Crippen molar-refractivity contribution in [2.24, 2.45) is 11.8 Å². The Bertz CT molecular complexity index is 2270. The number of fused-ring (bicyclic) bond motifs is 2. The molecule has 0 radical (unpaired) electrons. The fraction of sp³-hybridized carbons (Fsp3) is 0.500. The minimum atomic E-state index is -4.61. The van der Waals surface area contributed by atoms with E-state index in [4.69, 9.17) is 0 Å². The highest BCUT2D eigenvalue weighted by Crippen LogP contribution is 2.39. The van der Waals surface area contributed by atoms with Crippen molar-refractivity contribution in [1.29, 1.82) is 0 Å². The van der Waals surface area contributed by atoms with E-state index in [1.807, 2.05) is 6.07 Å². The molecule has 3 N–H and O–H groups in total. The largest absolute Gasteiger partial charge is 0.419 e. The summed E-state index contributed by atoms with van der Waals surface area (Å²) in [6.07, 6.45) is 5.97. The number of aromatic amines is 1. The van der Waals surface area contributed by atoms with E-state index >= 15 is 0 Å². The van der Waals surface area contributed by atoms with Crippen LogP contribution >= 0.6 is 0 Å². The van der Waals surface area contributed by atoms with Crippen LogP contribution in [0.1, 0.15) is 77.6 Å². The highest BCUT2D eigenvalue weighted by Gasteiger charge is 2.45. The molecule has 5 aliphatic rings. The van der Waals surface area contributed by atoms with Crippen LogP contribution in [-0.4, -0.2) is 123 Å². The van der Waals surface area contributed by atoms with Gasteiger partial charge in [-0.3, -0.25) is 29.4 Å². The van der Waals surface area contributed by atoms with Gasteiger partial charge in [0.25, 0.3) is 11.8 Å². The molecule has 9 rings (SSSR count). The number of piperidine rings is 3. The van der Waals surface area contributed by atoms with Crippen LogP contribution in [0.5, 0.6) is 0 Å². The molecule has 1 unspecified atom stereocenters. The van der Waals surface area contributed by atoms with Crippen molar-refractivity contribution in [2.45, 2.75) is 69.6 Å². The number of likely N-dealkylation sites (tertiary alicyclic amines) is 2. The van der Waals surface area contributed by atoms with Gasteiger partial charge in [0.05, 0.1) is 16.8 Å². The van der Waals surface area contributed by atoms with Gasteiger partial charge in [-0.25, -0.2) is 15.0 Å². The van der Waals surface area contributed by atoms with Gasteiger partial charge in [-0.2, -0.15) is 13.2 Å². The molecule has 14 nitrogen and oxygen atoms in total. The van der Waals surface area contributed by atoms with Gasteiger partial charge in [0.1, 0.15) is 17.3 Å². The molecule has 4 aromatic rings. The predicted molar refractivity (Wildman–Crippen MR) is 212 cm³/mol. The second kappa shape index (κ2) is 16.0. The maximum absolute atomic E-state index is 14.0. The number of carbonyl (C=O) groups is 4. The molecule has 0 saturated carbocycles. The van der Waals surface area contributed by atoms with Crippen molar-refractivity contribution in [3.8, 4) is 11.3 Å². The van der Waals surface area contributed by atoms with Gasteiger partial charge < -0.3 is 25.0 Å². The number of nitrogens with one attached hydrogen (secondary N) is 3. The number of hydrogen-bond donors (Lipinski definition) is 3. The molecule has 4 amide bonds. The number of carbonyl (C=O) groups excluding carboxylic acids is 4. The molecular formula is C42H47F3N10O4. The summed E-state index contributed by atoms with van der Waals surface area (Å²) in [6.45, 7) is 7.65. The van der Waals surface area contributed by atoms with Gasteiger partial charge >= 0.3 is 6.18 Å². The van der Waals surface area contributed by atoms with Crippen molar-refractivity contribution in [2.75, 3.05) is 62.6 Å². The van der Waals surface area contributed by atoms with Crippen molar-refractivity contribution in [3.05, 3.63) is 65.6 Å². The highest BCUT2D eigenvalue weighted by atomic mass is 19.4. The first-order valence-electron chi connectivity index (χ1n) is 20.7. The van der Waals surface area contributed by atoms with Crippen LogP contribution in [0.4, 0.5) is 24.8 Å². The molecule has 8 heterocycles. The smallest absolute Gasteiger partial charge is 0.371 e. The number of pyridine rings is 1. The summed E-state index contributed by atoms with van der Waals surface area (Å²) in [5.41, 5.74) is 1.29. The van der Waals surface area contributed by atoms with Crippen LogP contribution in [0.15, 0.2) is 48.9 Å². The van der Waals surface area contributed by atoms with Crippen LogP contribution < -0.4 is 15.5 Å². The SMILES string of the molecule is O=C1CCC(N2C(=O)c3ccc(N4CCC(CN5CCC(CCN6CC[C@@H](Nc7ncc(C(F)(F)F)c(-c8c[nH]c9ncccc89)n7)C6)CC5)CC4)cc3C2=O)C(=O)N1. The Labute approximate surface area is 338 Å². The fourth-order valence-corrected chi connectivity index (χ4v) is 9.57. The van der Waals surface area contributed by atoms with Crippen molar-refractivity contribution < 1.29 is 32.3 Å². The summed E-state index contributed by atoms with van der Waals surface area (Å²) < 4.78 is 42.0. The number of imide groups is 2. The van der Waals surface area contributed by atoms with Crippen LogP contribution in [0.25, 0.3) is 22.3 Å². The highest BCUT2D eigenvalue weighted by molar-refractivity contribution is 6.23. The average molecular weight is 813 g/mol. The van der Waals surface area contributed by atoms with Crippen LogP contribution in [0.3, 0.4) is 0 Å². The maximum atomic E-state index is 14.0. The van der Waals surface area contributed by atoms with E-state index in [9.17, 15) is 32.3 Å². The van der Waals surface area contributed by atoms with Crippen LogP contribution in [-0.2, 0) is 15.8 Å². The van der Waals surface area contributed by atoms with Gasteiger partial charge in [0, 0.05) is 80.4 Å². The molecule has 0 bridgehead atoms. The Morgan fingerprint density at radius 2 is 1.59 bits per heavy atom. The number of nitrogens with zero attached hydrogens (tertiary/aromatic N) is 7. The van der Waals surface area contributed by atoms with Gasteiger partial charge in [-0.15, -0.1) is 0 Å². The Balaban J connectivity index is 0.710. The standard InChI is InChI=1S/C42H47F3N10O4/c43-42(44,45)33-22-48-41(51-36(33)32-21-47-37-29(32)2-1-13-46-37)49-27-12-17-53(24-27)16-9-25-7-14-52(15-8-25)23-26-10-18-54(19-11-26)28-3-4-30-31(20-28)40(59)55(39(30)58)34-5-6-35(56)50-38(34)57/h1-4,13,20-22,25-27,34H,5-12,14-19,23-24H2,(H,46,47)(H,48,49,51)(H,50,56,57)/t27-,34?/m1/s1. The first-order chi connectivity index (χ1) is 28.5. The molecule has 59 heavy (non-hydrogen) atoms. The number of alkyl halides is 3. The Morgan fingerprint density at radius 1 is 0.831 bits per heavy atom. The van der Waals surface area contributed by atoms with Crippen LogP contribution in [0, 0.1) is 11.8 Å². The van der Waals surface area contributed by atoms with Crippen molar-refractivity contribution in [1.82, 2.24) is 40.0 Å². The molecule has 310 valence electrons. The van der Waals surface area contributed by atoms with Crippen LogP contribution in [0.2, 0.25) is 0 Å². The third kappa shape index (κ3) is 8.01. The zero-order chi connectivity index (χ0) is 40.8. The monoisotopic (exact) mass is 812 g/mol. The van der Waals surface area contributed by atoms with E-state index < -0.39 is 41.4 Å². The third-order valence-electron chi connectivity index (χ3n) is 12.9. The number of H-pyrrole nitrogens is 1. The van der Waals surface area contributed by atoms with E-state index in [0.717, 1.165) is 108 Å². The topological polar surface area (TPSA) is 160 Å². The van der Waals surface area contributed by atoms with E-state index in [1.165, 1.54) is 6.20 Å². The lowest BCUT2D eigenvalue weighted by Crippen LogP contribution is -2.54. The summed E-state index contributed by atoms with van der Waals surface area (Å²) >= 11 is 0. The molecular weight excluding hydrogens is 766 g/mol. The molecule has 0 spiro atoms. The first-order valence-corrected chi connectivity index (χ1v) is 20.7. The normalized spacial score (nSPS) is 22.8. The van der Waals surface area contributed by atoms with E-state index in [2.05, 4.69) is 45.3 Å². The maximum Gasteiger partial charge on any atom is 0.419 e. The number of rotatable bonds is 10. The van der Waals surface area contributed by atoms with E-state index in [-0.39, 0.29) is 30.5 Å². The number of halogens is 3.